The molecule has 0 rings (SSSR count). The van der Waals surface area contributed by atoms with Crippen LogP contribution in [0.25, 0.3) is 0 Å². The summed E-state index contributed by atoms with van der Waals surface area (Å²) in [6.07, 6.45) is 1.55. The second-order valence-electron chi connectivity index (χ2n) is 3.88. The van der Waals surface area contributed by atoms with Crippen molar-refractivity contribution in [3.8, 4) is 0 Å². The van der Waals surface area contributed by atoms with Crippen molar-refractivity contribution in [1.82, 2.24) is 5.01 Å². The van der Waals surface area contributed by atoms with Gasteiger partial charge in [0.1, 0.15) is 6.54 Å². The third-order valence-corrected chi connectivity index (χ3v) is 2.29. The van der Waals surface area contributed by atoms with E-state index in [9.17, 15) is 9.59 Å². The van der Waals surface area contributed by atoms with Gasteiger partial charge in [-0.3, -0.25) is 9.59 Å². The lowest BCUT2D eigenvalue weighted by atomic mass is 10.2. The second kappa shape index (κ2) is 7.27. The SMILES string of the molecule is CC(C)/C=N\N(CC(=O)O)C(=O)[C@H](C)CS. The Hall–Kier alpha value is -1.04. The van der Waals surface area contributed by atoms with E-state index in [0.29, 0.717) is 5.75 Å². The predicted octanol–water partition coefficient (Wildman–Crippen LogP) is 1.11. The fraction of sp³-hybridized carbons (Fsp3) is 0.700. The molecule has 0 aromatic carbocycles. The number of rotatable bonds is 6. The maximum atomic E-state index is 11.7. The third kappa shape index (κ3) is 5.75. The first-order chi connectivity index (χ1) is 7.38. The summed E-state index contributed by atoms with van der Waals surface area (Å²) < 4.78 is 0. The van der Waals surface area contributed by atoms with Gasteiger partial charge in [0.2, 0.25) is 5.91 Å². The standard InChI is InChI=1S/C10H18N2O3S/c1-7(2)4-11-12(5-9(13)14)10(15)8(3)6-16/h4,7-8,16H,5-6H2,1-3H3,(H,13,14)/b11-4-/t8-/m1/s1. The molecule has 0 heterocycles. The Morgan fingerprint density at radius 3 is 2.38 bits per heavy atom. The molecule has 0 aromatic rings. The topological polar surface area (TPSA) is 70.0 Å². The minimum absolute atomic E-state index is 0.162. The molecule has 0 aliphatic heterocycles. The van der Waals surface area contributed by atoms with Gasteiger partial charge in [-0.1, -0.05) is 20.8 Å². The summed E-state index contributed by atoms with van der Waals surface area (Å²) in [5.74, 6) is -1.22. The van der Waals surface area contributed by atoms with Gasteiger partial charge in [-0.2, -0.15) is 17.7 Å². The van der Waals surface area contributed by atoms with Crippen LogP contribution < -0.4 is 0 Å². The maximum Gasteiger partial charge on any atom is 0.325 e. The molecule has 0 saturated carbocycles. The van der Waals surface area contributed by atoms with E-state index in [1.54, 1.807) is 13.1 Å². The number of thiol groups is 1. The number of amides is 1. The van der Waals surface area contributed by atoms with Gasteiger partial charge in [-0.25, -0.2) is 5.01 Å². The fourth-order valence-electron chi connectivity index (χ4n) is 0.850. The van der Waals surface area contributed by atoms with E-state index in [1.807, 2.05) is 13.8 Å². The molecule has 0 unspecified atom stereocenters. The Balaban J connectivity index is 4.66. The highest BCUT2D eigenvalue weighted by Crippen LogP contribution is 2.05. The molecule has 0 spiro atoms. The van der Waals surface area contributed by atoms with E-state index in [2.05, 4.69) is 17.7 Å². The molecule has 1 amide bonds. The Kier molecular flexibility index (Phi) is 6.80. The van der Waals surface area contributed by atoms with Crippen LogP contribution in [-0.4, -0.2) is 40.5 Å². The molecule has 0 bridgehead atoms. The van der Waals surface area contributed by atoms with Crippen LogP contribution in [0.1, 0.15) is 20.8 Å². The molecule has 5 nitrogen and oxygen atoms in total. The average Bonchev–Trinajstić information content (AvgIpc) is 2.21. The van der Waals surface area contributed by atoms with Gasteiger partial charge in [0.05, 0.1) is 0 Å². The minimum Gasteiger partial charge on any atom is -0.480 e. The summed E-state index contributed by atoms with van der Waals surface area (Å²) in [5.41, 5.74) is 0. The first-order valence-electron chi connectivity index (χ1n) is 5.06. The average molecular weight is 246 g/mol. The molecule has 0 fully saturated rings. The number of carbonyl (C=O) groups excluding carboxylic acids is 1. The zero-order valence-electron chi connectivity index (χ0n) is 9.75. The largest absolute Gasteiger partial charge is 0.480 e. The molecule has 92 valence electrons. The molecular formula is C10H18N2O3S. The van der Waals surface area contributed by atoms with Crippen LogP contribution in [-0.2, 0) is 9.59 Å². The number of nitrogens with zero attached hydrogens (tertiary/aromatic N) is 2. The van der Waals surface area contributed by atoms with Crippen LogP contribution >= 0.6 is 12.6 Å². The Bertz CT molecular complexity index is 279. The van der Waals surface area contributed by atoms with Crippen LogP contribution in [0, 0.1) is 11.8 Å². The third-order valence-electron chi connectivity index (χ3n) is 1.74. The van der Waals surface area contributed by atoms with Gasteiger partial charge in [0, 0.05) is 17.9 Å². The molecule has 6 heteroatoms. The highest BCUT2D eigenvalue weighted by Gasteiger charge is 2.20. The van der Waals surface area contributed by atoms with Crippen molar-refractivity contribution < 1.29 is 14.7 Å². The monoisotopic (exact) mass is 246 g/mol. The molecule has 1 atom stereocenters. The van der Waals surface area contributed by atoms with E-state index < -0.39 is 12.5 Å². The highest BCUT2D eigenvalue weighted by molar-refractivity contribution is 7.80. The van der Waals surface area contributed by atoms with Crippen LogP contribution in [0.2, 0.25) is 0 Å². The van der Waals surface area contributed by atoms with Gasteiger partial charge in [0.15, 0.2) is 0 Å². The van der Waals surface area contributed by atoms with Gasteiger partial charge in [0.25, 0.3) is 0 Å². The number of carboxylic acids is 1. The summed E-state index contributed by atoms with van der Waals surface area (Å²) in [5, 5.41) is 13.5. The lowest BCUT2D eigenvalue weighted by Crippen LogP contribution is -2.35. The highest BCUT2D eigenvalue weighted by atomic mass is 32.1. The summed E-state index contributed by atoms with van der Waals surface area (Å²) in [6.45, 7) is 5.07. The van der Waals surface area contributed by atoms with Crippen molar-refractivity contribution in [3.63, 3.8) is 0 Å². The summed E-state index contributed by atoms with van der Waals surface area (Å²) in [7, 11) is 0. The molecule has 0 aliphatic rings. The van der Waals surface area contributed by atoms with E-state index in [4.69, 9.17) is 5.11 Å². The fourth-order valence-corrected chi connectivity index (χ4v) is 1.01. The number of aliphatic carboxylic acids is 1. The van der Waals surface area contributed by atoms with Crippen molar-refractivity contribution in [3.05, 3.63) is 0 Å². The smallest absolute Gasteiger partial charge is 0.325 e. The Morgan fingerprint density at radius 2 is 2.00 bits per heavy atom. The molecule has 0 aromatic heterocycles. The van der Waals surface area contributed by atoms with Crippen LogP contribution in [0.15, 0.2) is 5.10 Å². The lowest BCUT2D eigenvalue weighted by molar-refractivity contribution is -0.145. The number of hydrazone groups is 1. The lowest BCUT2D eigenvalue weighted by Gasteiger charge is -2.18. The molecule has 1 N–H and O–H groups in total. The summed E-state index contributed by atoms with van der Waals surface area (Å²) >= 11 is 4.00. The van der Waals surface area contributed by atoms with Crippen molar-refractivity contribution in [2.45, 2.75) is 20.8 Å². The second-order valence-corrected chi connectivity index (χ2v) is 4.25. The summed E-state index contributed by atoms with van der Waals surface area (Å²) in [6, 6.07) is 0. The summed E-state index contributed by atoms with van der Waals surface area (Å²) in [4.78, 5) is 22.3. The first kappa shape index (κ1) is 15.0. The Labute approximate surface area is 101 Å². The van der Waals surface area contributed by atoms with Gasteiger partial charge in [-0.05, 0) is 5.92 Å². The van der Waals surface area contributed by atoms with Gasteiger partial charge in [-0.15, -0.1) is 0 Å². The normalized spacial score (nSPS) is 13.1. The van der Waals surface area contributed by atoms with Gasteiger partial charge >= 0.3 is 5.97 Å². The van der Waals surface area contributed by atoms with Crippen molar-refractivity contribution in [2.75, 3.05) is 12.3 Å². The molecule has 16 heavy (non-hydrogen) atoms. The van der Waals surface area contributed by atoms with E-state index in [-0.39, 0.29) is 17.7 Å². The van der Waals surface area contributed by atoms with Crippen LogP contribution in [0.5, 0.6) is 0 Å². The minimum atomic E-state index is -1.08. The van der Waals surface area contributed by atoms with Gasteiger partial charge < -0.3 is 5.11 Å². The van der Waals surface area contributed by atoms with Crippen LogP contribution in [0.4, 0.5) is 0 Å². The first-order valence-corrected chi connectivity index (χ1v) is 5.69. The van der Waals surface area contributed by atoms with Crippen LogP contribution in [0.3, 0.4) is 0 Å². The number of hydrogen-bond donors (Lipinski definition) is 2. The molecule has 0 radical (unpaired) electrons. The zero-order chi connectivity index (χ0) is 12.7. The maximum absolute atomic E-state index is 11.7. The van der Waals surface area contributed by atoms with Crippen molar-refractivity contribution in [2.24, 2.45) is 16.9 Å². The van der Waals surface area contributed by atoms with E-state index in [1.165, 1.54) is 0 Å². The number of carbonyl (C=O) groups is 2. The van der Waals surface area contributed by atoms with E-state index >= 15 is 0 Å². The quantitative estimate of drug-likeness (QED) is 0.419. The molecule has 0 saturated heterocycles. The molecular weight excluding hydrogens is 228 g/mol. The number of carboxylic acid groups (broad SMARTS) is 1. The van der Waals surface area contributed by atoms with Crippen molar-refractivity contribution >= 4 is 30.7 Å². The van der Waals surface area contributed by atoms with Crippen molar-refractivity contribution in [1.29, 1.82) is 0 Å². The van der Waals surface area contributed by atoms with E-state index in [0.717, 1.165) is 5.01 Å². The Morgan fingerprint density at radius 1 is 1.44 bits per heavy atom. The zero-order valence-corrected chi connectivity index (χ0v) is 10.6. The number of hydrogen-bond acceptors (Lipinski definition) is 4. The predicted molar refractivity (Wildman–Crippen MR) is 65.7 cm³/mol. The molecule has 0 aliphatic carbocycles.